The van der Waals surface area contributed by atoms with Crippen molar-refractivity contribution < 1.29 is 9.59 Å². The zero-order valence-corrected chi connectivity index (χ0v) is 15.9. The highest BCUT2D eigenvalue weighted by Crippen LogP contribution is 2.29. The van der Waals surface area contributed by atoms with Crippen LogP contribution in [0, 0.1) is 6.92 Å². The number of aromatic amines is 1. The lowest BCUT2D eigenvalue weighted by Gasteiger charge is -2.29. The first kappa shape index (κ1) is 18.6. The first-order valence-corrected chi connectivity index (χ1v) is 9.37. The van der Waals surface area contributed by atoms with E-state index >= 15 is 0 Å². The lowest BCUT2D eigenvalue weighted by molar-refractivity contribution is -0.121. The molecule has 0 aliphatic carbocycles. The summed E-state index contributed by atoms with van der Waals surface area (Å²) in [5, 5.41) is 2.76. The van der Waals surface area contributed by atoms with E-state index in [0.717, 1.165) is 5.56 Å². The second kappa shape index (κ2) is 7.71. The Labute approximate surface area is 167 Å². The number of hydrogen-bond acceptors (Lipinski definition) is 4. The van der Waals surface area contributed by atoms with Crippen LogP contribution in [0.3, 0.4) is 0 Å². The van der Waals surface area contributed by atoms with E-state index < -0.39 is 0 Å². The fraction of sp³-hybridized carbons (Fsp3) is 0.182. The van der Waals surface area contributed by atoms with E-state index in [0.29, 0.717) is 28.5 Å². The summed E-state index contributed by atoms with van der Waals surface area (Å²) in [6.07, 6.45) is 0.361. The van der Waals surface area contributed by atoms with Crippen LogP contribution in [0.15, 0.2) is 59.4 Å². The van der Waals surface area contributed by atoms with E-state index in [9.17, 15) is 14.4 Å². The van der Waals surface area contributed by atoms with Crippen LogP contribution in [0.2, 0.25) is 0 Å². The number of anilines is 2. The number of H-pyrrole nitrogens is 1. The molecule has 0 radical (unpaired) electrons. The summed E-state index contributed by atoms with van der Waals surface area (Å²) < 4.78 is 0. The molecule has 2 N–H and O–H groups in total. The highest BCUT2D eigenvalue weighted by atomic mass is 16.2. The number of carbonyl (C=O) groups excluding carboxylic acids is 2. The second-order valence-corrected chi connectivity index (χ2v) is 6.89. The van der Waals surface area contributed by atoms with Gasteiger partial charge in [0.05, 0.1) is 11.4 Å². The van der Waals surface area contributed by atoms with Crippen molar-refractivity contribution in [3.8, 4) is 11.4 Å². The van der Waals surface area contributed by atoms with Gasteiger partial charge in [0, 0.05) is 23.2 Å². The van der Waals surface area contributed by atoms with Crippen molar-refractivity contribution >= 4 is 23.2 Å². The summed E-state index contributed by atoms with van der Waals surface area (Å²) in [5.74, 6) is 0.0583. The predicted octanol–water partition coefficient (Wildman–Crippen LogP) is 2.66. The SMILES string of the molecule is Cc1nc(-c2ccccc2)[nH]c(=O)c1CCC(=O)N1CC(=O)Nc2ccccc21. The third-order valence-corrected chi connectivity index (χ3v) is 4.93. The molecule has 2 aromatic carbocycles. The minimum atomic E-state index is -0.249. The van der Waals surface area contributed by atoms with Gasteiger partial charge < -0.3 is 15.2 Å². The molecule has 1 aliphatic rings. The van der Waals surface area contributed by atoms with E-state index in [1.54, 1.807) is 25.1 Å². The van der Waals surface area contributed by atoms with E-state index in [1.165, 1.54) is 4.90 Å². The highest BCUT2D eigenvalue weighted by molar-refractivity contribution is 6.09. The molecule has 0 fully saturated rings. The van der Waals surface area contributed by atoms with Crippen molar-refractivity contribution in [3.63, 3.8) is 0 Å². The van der Waals surface area contributed by atoms with Crippen LogP contribution in [0.5, 0.6) is 0 Å². The van der Waals surface area contributed by atoms with Crippen LogP contribution in [0.1, 0.15) is 17.7 Å². The summed E-state index contributed by atoms with van der Waals surface area (Å²) in [6.45, 7) is 1.74. The van der Waals surface area contributed by atoms with Gasteiger partial charge in [0.2, 0.25) is 11.8 Å². The molecule has 0 atom stereocenters. The second-order valence-electron chi connectivity index (χ2n) is 6.89. The van der Waals surface area contributed by atoms with Gasteiger partial charge in [0.1, 0.15) is 12.4 Å². The van der Waals surface area contributed by atoms with E-state index in [4.69, 9.17) is 0 Å². The maximum atomic E-state index is 12.8. The van der Waals surface area contributed by atoms with Gasteiger partial charge in [-0.1, -0.05) is 42.5 Å². The molecule has 0 unspecified atom stereocenters. The molecule has 0 bridgehead atoms. The largest absolute Gasteiger partial charge is 0.323 e. The molecule has 1 aromatic heterocycles. The van der Waals surface area contributed by atoms with E-state index in [1.807, 2.05) is 36.4 Å². The van der Waals surface area contributed by atoms with Gasteiger partial charge in [-0.3, -0.25) is 14.4 Å². The minimum Gasteiger partial charge on any atom is -0.323 e. The van der Waals surface area contributed by atoms with Crippen molar-refractivity contribution in [1.29, 1.82) is 0 Å². The first-order chi connectivity index (χ1) is 14.0. The number of nitrogens with one attached hydrogen (secondary N) is 2. The zero-order valence-electron chi connectivity index (χ0n) is 15.9. The average molecular weight is 388 g/mol. The average Bonchev–Trinajstić information content (AvgIpc) is 2.72. The third kappa shape index (κ3) is 3.80. The molecule has 0 saturated carbocycles. The van der Waals surface area contributed by atoms with Crippen molar-refractivity contribution in [1.82, 2.24) is 9.97 Å². The summed E-state index contributed by atoms with van der Waals surface area (Å²) in [5.41, 5.74) is 2.93. The summed E-state index contributed by atoms with van der Waals surface area (Å²) in [6, 6.07) is 16.6. The first-order valence-electron chi connectivity index (χ1n) is 9.37. The summed E-state index contributed by atoms with van der Waals surface area (Å²) >= 11 is 0. The predicted molar refractivity (Wildman–Crippen MR) is 111 cm³/mol. The number of hydrogen-bond donors (Lipinski definition) is 2. The standard InChI is InChI=1S/C22H20N4O3/c1-14-16(22(29)25-21(23-14)15-7-3-2-4-8-15)11-12-20(28)26-13-19(27)24-17-9-5-6-10-18(17)26/h2-10H,11-13H2,1H3,(H,24,27)(H,23,25,29). The Kier molecular flexibility index (Phi) is 4.95. The molecule has 2 amide bonds. The number of fused-ring (bicyclic) bond motifs is 1. The maximum Gasteiger partial charge on any atom is 0.254 e. The van der Waals surface area contributed by atoms with Crippen molar-refractivity contribution in [2.75, 3.05) is 16.8 Å². The quantitative estimate of drug-likeness (QED) is 0.718. The summed E-state index contributed by atoms with van der Waals surface area (Å²) in [4.78, 5) is 46.1. The minimum absolute atomic E-state index is 0.0314. The van der Waals surface area contributed by atoms with Crippen LogP contribution in [-0.4, -0.2) is 28.3 Å². The highest BCUT2D eigenvalue weighted by Gasteiger charge is 2.26. The smallest absolute Gasteiger partial charge is 0.254 e. The van der Waals surface area contributed by atoms with Gasteiger partial charge in [-0.2, -0.15) is 0 Å². The number of para-hydroxylation sites is 2. The fourth-order valence-corrected chi connectivity index (χ4v) is 3.46. The van der Waals surface area contributed by atoms with Gasteiger partial charge >= 0.3 is 0 Å². The lowest BCUT2D eigenvalue weighted by atomic mass is 10.1. The molecule has 3 aromatic rings. The number of amides is 2. The molecule has 0 saturated heterocycles. The molecule has 29 heavy (non-hydrogen) atoms. The molecule has 7 heteroatoms. The van der Waals surface area contributed by atoms with Gasteiger partial charge in [-0.15, -0.1) is 0 Å². The van der Waals surface area contributed by atoms with Crippen molar-refractivity contribution in [3.05, 3.63) is 76.2 Å². The van der Waals surface area contributed by atoms with Crippen molar-refractivity contribution in [2.24, 2.45) is 0 Å². The van der Waals surface area contributed by atoms with Crippen LogP contribution in [-0.2, 0) is 16.0 Å². The Bertz CT molecular complexity index is 1140. The number of rotatable bonds is 4. The monoisotopic (exact) mass is 388 g/mol. The Morgan fingerprint density at radius 3 is 2.55 bits per heavy atom. The van der Waals surface area contributed by atoms with Crippen molar-refractivity contribution in [2.45, 2.75) is 19.8 Å². The molecular weight excluding hydrogens is 368 g/mol. The molecule has 146 valence electrons. The molecule has 1 aliphatic heterocycles. The normalized spacial score (nSPS) is 13.0. The van der Waals surface area contributed by atoms with Crippen LogP contribution >= 0.6 is 0 Å². The van der Waals surface area contributed by atoms with Crippen LogP contribution < -0.4 is 15.8 Å². The number of benzene rings is 2. The molecule has 2 heterocycles. The number of carbonyl (C=O) groups is 2. The van der Waals surface area contributed by atoms with Gasteiger partial charge in [-0.05, 0) is 25.5 Å². The molecule has 4 rings (SSSR count). The van der Waals surface area contributed by atoms with Gasteiger partial charge in [0.25, 0.3) is 5.56 Å². The van der Waals surface area contributed by atoms with E-state index in [2.05, 4.69) is 15.3 Å². The number of nitrogens with zero attached hydrogens (tertiary/aromatic N) is 2. The van der Waals surface area contributed by atoms with Gasteiger partial charge in [-0.25, -0.2) is 4.98 Å². The number of aromatic nitrogens is 2. The molecular formula is C22H20N4O3. The number of aryl methyl sites for hydroxylation is 1. The van der Waals surface area contributed by atoms with Gasteiger partial charge in [0.15, 0.2) is 0 Å². The third-order valence-electron chi connectivity index (χ3n) is 4.93. The van der Waals surface area contributed by atoms with Crippen LogP contribution in [0.25, 0.3) is 11.4 Å². The van der Waals surface area contributed by atoms with Crippen LogP contribution in [0.4, 0.5) is 11.4 Å². The lowest BCUT2D eigenvalue weighted by Crippen LogP contribution is -2.42. The maximum absolute atomic E-state index is 12.8. The molecule has 0 spiro atoms. The Balaban J connectivity index is 1.53. The topological polar surface area (TPSA) is 95.2 Å². The fourth-order valence-electron chi connectivity index (χ4n) is 3.46. The molecule has 7 nitrogen and oxygen atoms in total. The Morgan fingerprint density at radius 1 is 1.07 bits per heavy atom. The Hall–Kier alpha value is -3.74. The summed E-state index contributed by atoms with van der Waals surface area (Å²) in [7, 11) is 0. The Morgan fingerprint density at radius 2 is 1.79 bits per heavy atom. The van der Waals surface area contributed by atoms with E-state index in [-0.39, 0.29) is 36.8 Å². The zero-order chi connectivity index (χ0) is 20.4.